The van der Waals surface area contributed by atoms with E-state index in [0.717, 1.165) is 5.52 Å². The summed E-state index contributed by atoms with van der Waals surface area (Å²) >= 11 is 0. The lowest BCUT2D eigenvalue weighted by Gasteiger charge is -2.06. The number of nitrogens with zero attached hydrogens (tertiary/aromatic N) is 1. The number of rotatable bonds is 1. The maximum atomic E-state index is 5.96. The fraction of sp³-hybridized carbons (Fsp3) is 0.273. The fourth-order valence-electron chi connectivity index (χ4n) is 1.64. The molecule has 0 aliphatic rings. The highest BCUT2D eigenvalue weighted by Crippen LogP contribution is 2.22. The molecule has 68 valence electrons. The predicted molar refractivity (Wildman–Crippen MR) is 56.2 cm³/mol. The number of benzene rings is 1. The molecule has 0 aliphatic carbocycles. The third-order valence-corrected chi connectivity index (χ3v) is 2.37. The second-order valence-corrected chi connectivity index (χ2v) is 3.65. The highest BCUT2D eigenvalue weighted by Gasteiger charge is 2.08. The van der Waals surface area contributed by atoms with Crippen LogP contribution >= 0.6 is 0 Å². The van der Waals surface area contributed by atoms with Crippen LogP contribution in [-0.2, 0) is 0 Å². The standard InChI is InChI=1S/C11H14N2/c1-8(2)11-7-9-5-3-4-6-10(9)13(11)12/h3-8H,12H2,1-2H3. The Balaban J connectivity index is 2.74. The average molecular weight is 174 g/mol. The van der Waals surface area contributed by atoms with Crippen LogP contribution in [0.1, 0.15) is 25.5 Å². The van der Waals surface area contributed by atoms with E-state index in [1.807, 2.05) is 18.2 Å². The molecule has 0 atom stereocenters. The van der Waals surface area contributed by atoms with Gasteiger partial charge in [0, 0.05) is 11.1 Å². The van der Waals surface area contributed by atoms with Gasteiger partial charge in [-0.25, -0.2) is 0 Å². The molecule has 0 spiro atoms. The lowest BCUT2D eigenvalue weighted by molar-refractivity contribution is 0.780. The molecule has 2 aromatic rings. The molecule has 0 unspecified atom stereocenters. The van der Waals surface area contributed by atoms with Crippen molar-refractivity contribution < 1.29 is 0 Å². The third-order valence-electron chi connectivity index (χ3n) is 2.37. The molecule has 0 fully saturated rings. The molecule has 1 aromatic heterocycles. The summed E-state index contributed by atoms with van der Waals surface area (Å²) in [7, 11) is 0. The van der Waals surface area contributed by atoms with E-state index in [9.17, 15) is 0 Å². The zero-order valence-electron chi connectivity index (χ0n) is 7.99. The summed E-state index contributed by atoms with van der Waals surface area (Å²) in [6, 6.07) is 10.3. The molecule has 13 heavy (non-hydrogen) atoms. The number of nitrogens with two attached hydrogens (primary N) is 1. The Kier molecular flexibility index (Phi) is 1.76. The number of nitrogen functional groups attached to an aromatic ring is 1. The molecular weight excluding hydrogens is 160 g/mol. The largest absolute Gasteiger partial charge is 0.339 e. The van der Waals surface area contributed by atoms with Crippen LogP contribution in [0.15, 0.2) is 30.3 Å². The Hall–Kier alpha value is -1.44. The van der Waals surface area contributed by atoms with Gasteiger partial charge in [-0.2, -0.15) is 0 Å². The SMILES string of the molecule is CC(C)c1cc2ccccc2n1N. The predicted octanol–water partition coefficient (Wildman–Crippen LogP) is 2.48. The highest BCUT2D eigenvalue weighted by molar-refractivity contribution is 5.81. The summed E-state index contributed by atoms with van der Waals surface area (Å²) in [5.74, 6) is 6.43. The third kappa shape index (κ3) is 1.18. The zero-order chi connectivity index (χ0) is 9.42. The molecule has 0 radical (unpaired) electrons. The van der Waals surface area contributed by atoms with Crippen molar-refractivity contribution in [3.05, 3.63) is 36.0 Å². The van der Waals surface area contributed by atoms with Crippen molar-refractivity contribution in [2.24, 2.45) is 0 Å². The molecule has 0 saturated heterocycles. The number of hydrogen-bond donors (Lipinski definition) is 1. The molecule has 2 rings (SSSR count). The smallest absolute Gasteiger partial charge is 0.0693 e. The molecular formula is C11H14N2. The number of para-hydroxylation sites is 1. The maximum Gasteiger partial charge on any atom is 0.0693 e. The lowest BCUT2D eigenvalue weighted by Crippen LogP contribution is -2.12. The summed E-state index contributed by atoms with van der Waals surface area (Å²) < 4.78 is 1.78. The quantitative estimate of drug-likeness (QED) is 0.661. The van der Waals surface area contributed by atoms with Gasteiger partial charge in [-0.15, -0.1) is 0 Å². The van der Waals surface area contributed by atoms with E-state index in [-0.39, 0.29) is 0 Å². The van der Waals surface area contributed by atoms with Crippen LogP contribution in [0.5, 0.6) is 0 Å². The van der Waals surface area contributed by atoms with E-state index in [4.69, 9.17) is 5.84 Å². The van der Waals surface area contributed by atoms with E-state index in [1.165, 1.54) is 11.1 Å². The van der Waals surface area contributed by atoms with Crippen LogP contribution in [-0.4, -0.2) is 4.68 Å². The van der Waals surface area contributed by atoms with Crippen molar-refractivity contribution in [3.63, 3.8) is 0 Å². The number of hydrogen-bond acceptors (Lipinski definition) is 1. The van der Waals surface area contributed by atoms with Gasteiger partial charge in [0.05, 0.1) is 5.52 Å². The van der Waals surface area contributed by atoms with Crippen LogP contribution in [0.2, 0.25) is 0 Å². The van der Waals surface area contributed by atoms with Crippen molar-refractivity contribution in [3.8, 4) is 0 Å². The molecule has 1 heterocycles. The summed E-state index contributed by atoms with van der Waals surface area (Å²) in [5.41, 5.74) is 2.28. The van der Waals surface area contributed by atoms with E-state index >= 15 is 0 Å². The Morgan fingerprint density at radius 2 is 1.92 bits per heavy atom. The lowest BCUT2D eigenvalue weighted by atomic mass is 10.1. The molecule has 2 N–H and O–H groups in total. The van der Waals surface area contributed by atoms with Gasteiger partial charge in [0.1, 0.15) is 0 Å². The highest BCUT2D eigenvalue weighted by atomic mass is 15.3. The molecule has 2 nitrogen and oxygen atoms in total. The van der Waals surface area contributed by atoms with Crippen molar-refractivity contribution in [2.75, 3.05) is 5.84 Å². The maximum absolute atomic E-state index is 5.96. The molecule has 0 saturated carbocycles. The van der Waals surface area contributed by atoms with Crippen molar-refractivity contribution >= 4 is 10.9 Å². The van der Waals surface area contributed by atoms with E-state index in [1.54, 1.807) is 4.68 Å². The molecule has 0 bridgehead atoms. The topological polar surface area (TPSA) is 30.9 Å². The van der Waals surface area contributed by atoms with Crippen LogP contribution in [0.3, 0.4) is 0 Å². The van der Waals surface area contributed by atoms with Crippen LogP contribution < -0.4 is 5.84 Å². The normalized spacial score (nSPS) is 11.3. The van der Waals surface area contributed by atoms with E-state index < -0.39 is 0 Å². The van der Waals surface area contributed by atoms with Gasteiger partial charge in [0.25, 0.3) is 0 Å². The second-order valence-electron chi connectivity index (χ2n) is 3.65. The van der Waals surface area contributed by atoms with Crippen LogP contribution in [0.25, 0.3) is 10.9 Å². The minimum absolute atomic E-state index is 0.470. The first-order chi connectivity index (χ1) is 6.20. The minimum Gasteiger partial charge on any atom is -0.339 e. The van der Waals surface area contributed by atoms with Gasteiger partial charge in [-0.05, 0) is 18.1 Å². The van der Waals surface area contributed by atoms with E-state index in [2.05, 4.69) is 26.0 Å². The molecule has 0 aliphatic heterocycles. The number of aromatic nitrogens is 1. The summed E-state index contributed by atoms with van der Waals surface area (Å²) in [6.45, 7) is 4.30. The zero-order valence-corrected chi connectivity index (χ0v) is 7.99. The van der Waals surface area contributed by atoms with Gasteiger partial charge in [0.15, 0.2) is 0 Å². The number of fused-ring (bicyclic) bond motifs is 1. The summed E-state index contributed by atoms with van der Waals surface area (Å²) in [5, 5.41) is 1.22. The minimum atomic E-state index is 0.470. The Labute approximate surface area is 77.9 Å². The average Bonchev–Trinajstić information content (AvgIpc) is 2.45. The van der Waals surface area contributed by atoms with Gasteiger partial charge in [-0.1, -0.05) is 32.0 Å². The van der Waals surface area contributed by atoms with Gasteiger partial charge in [-0.3, -0.25) is 4.68 Å². The summed E-state index contributed by atoms with van der Waals surface area (Å²) in [6.07, 6.45) is 0. The van der Waals surface area contributed by atoms with Crippen molar-refractivity contribution in [1.82, 2.24) is 4.68 Å². The molecule has 1 aromatic carbocycles. The summed E-state index contributed by atoms with van der Waals surface area (Å²) in [4.78, 5) is 0. The van der Waals surface area contributed by atoms with Crippen LogP contribution in [0, 0.1) is 0 Å². The molecule has 2 heteroatoms. The fourth-order valence-corrected chi connectivity index (χ4v) is 1.64. The van der Waals surface area contributed by atoms with Crippen LogP contribution in [0.4, 0.5) is 0 Å². The molecule has 0 amide bonds. The monoisotopic (exact) mass is 174 g/mol. The van der Waals surface area contributed by atoms with Crippen molar-refractivity contribution in [1.29, 1.82) is 0 Å². The van der Waals surface area contributed by atoms with Gasteiger partial charge >= 0.3 is 0 Å². The first kappa shape index (κ1) is 8.17. The first-order valence-electron chi connectivity index (χ1n) is 4.55. The first-order valence-corrected chi connectivity index (χ1v) is 4.55. The Bertz CT molecular complexity index is 427. The van der Waals surface area contributed by atoms with Gasteiger partial charge in [0.2, 0.25) is 0 Å². The van der Waals surface area contributed by atoms with Crippen molar-refractivity contribution in [2.45, 2.75) is 19.8 Å². The second kappa shape index (κ2) is 2.80. The van der Waals surface area contributed by atoms with E-state index in [0.29, 0.717) is 5.92 Å². The Morgan fingerprint density at radius 3 is 2.54 bits per heavy atom. The Morgan fingerprint density at radius 1 is 1.23 bits per heavy atom. The van der Waals surface area contributed by atoms with Gasteiger partial charge < -0.3 is 5.84 Å².